The lowest BCUT2D eigenvalue weighted by atomic mass is 9.97. The summed E-state index contributed by atoms with van der Waals surface area (Å²) >= 11 is 0. The Morgan fingerprint density at radius 1 is 1.00 bits per heavy atom. The molecule has 0 aromatic heterocycles. The topological polar surface area (TPSA) is 0 Å². The molecule has 0 heteroatoms. The van der Waals surface area contributed by atoms with Crippen molar-refractivity contribution in [2.24, 2.45) is 0 Å². The van der Waals surface area contributed by atoms with Gasteiger partial charge in [-0.3, -0.25) is 0 Å². The number of fused-ring (bicyclic) bond motifs is 1. The summed E-state index contributed by atoms with van der Waals surface area (Å²) in [6, 6.07) is 6.59. The Morgan fingerprint density at radius 2 is 1.62 bits per heavy atom. The average Bonchev–Trinajstić information content (AvgIpc) is 2.21. The molecular formula is C13H16. The van der Waals surface area contributed by atoms with Crippen LogP contribution < -0.4 is 0 Å². The molecule has 0 saturated heterocycles. The van der Waals surface area contributed by atoms with Gasteiger partial charge in [-0.25, -0.2) is 0 Å². The smallest absolute Gasteiger partial charge is 0.0343 e. The van der Waals surface area contributed by atoms with Crippen LogP contribution in [-0.4, -0.2) is 0 Å². The van der Waals surface area contributed by atoms with Gasteiger partial charge >= 0.3 is 0 Å². The minimum Gasteiger partial charge on any atom is -0.0982 e. The van der Waals surface area contributed by atoms with Gasteiger partial charge in [-0.05, 0) is 18.1 Å². The maximum absolute atomic E-state index is 3.12. The van der Waals surface area contributed by atoms with Crippen molar-refractivity contribution in [1.82, 2.24) is 0 Å². The Hall–Kier alpha value is -1.22. The second kappa shape index (κ2) is 4.72. The predicted octanol–water partition coefficient (Wildman–Crippen LogP) is 3.12. The molecule has 0 aliphatic heterocycles. The molecule has 13 heavy (non-hydrogen) atoms. The lowest BCUT2D eigenvalue weighted by molar-refractivity contribution is 1.14. The Balaban J connectivity index is 0.000000396. The van der Waals surface area contributed by atoms with Crippen LogP contribution >= 0.6 is 0 Å². The maximum atomic E-state index is 3.12. The predicted molar refractivity (Wildman–Crippen MR) is 57.7 cm³/mol. The van der Waals surface area contributed by atoms with Gasteiger partial charge in [0.25, 0.3) is 0 Å². The van der Waals surface area contributed by atoms with Crippen molar-refractivity contribution in [2.45, 2.75) is 33.6 Å². The van der Waals surface area contributed by atoms with Gasteiger partial charge in [0, 0.05) is 12.8 Å². The summed E-state index contributed by atoms with van der Waals surface area (Å²) in [7, 11) is 0. The lowest BCUT2D eigenvalue weighted by Gasteiger charge is -2.07. The molecule has 68 valence electrons. The summed E-state index contributed by atoms with van der Waals surface area (Å²) in [5.74, 6) is 6.23. The first kappa shape index (κ1) is 9.86. The molecule has 0 amide bonds. The molecule has 1 aromatic rings. The van der Waals surface area contributed by atoms with E-state index >= 15 is 0 Å². The SMILES string of the molecule is CC.Cc1ccc2c(c1)CC#CC2. The van der Waals surface area contributed by atoms with Crippen molar-refractivity contribution in [1.29, 1.82) is 0 Å². The molecule has 1 aliphatic carbocycles. The molecule has 1 aromatic carbocycles. The van der Waals surface area contributed by atoms with Gasteiger partial charge < -0.3 is 0 Å². The number of hydrogen-bond donors (Lipinski definition) is 0. The third-order valence-electron chi connectivity index (χ3n) is 2.04. The molecule has 0 unspecified atom stereocenters. The summed E-state index contributed by atoms with van der Waals surface area (Å²) in [6.07, 6.45) is 1.88. The van der Waals surface area contributed by atoms with Crippen LogP contribution in [0.2, 0.25) is 0 Å². The normalized spacial score (nSPS) is 11.6. The van der Waals surface area contributed by atoms with Crippen LogP contribution in [0.5, 0.6) is 0 Å². The van der Waals surface area contributed by atoms with E-state index in [2.05, 4.69) is 37.0 Å². The van der Waals surface area contributed by atoms with E-state index in [0.717, 1.165) is 12.8 Å². The Bertz CT molecular complexity index is 337. The molecule has 0 saturated carbocycles. The molecule has 0 spiro atoms. The summed E-state index contributed by atoms with van der Waals surface area (Å²) in [5.41, 5.74) is 4.17. The van der Waals surface area contributed by atoms with Crippen LogP contribution in [0.1, 0.15) is 30.5 Å². The number of hydrogen-bond acceptors (Lipinski definition) is 0. The number of rotatable bonds is 0. The Labute approximate surface area is 81.0 Å². The third kappa shape index (κ3) is 2.36. The molecule has 0 nitrogen and oxygen atoms in total. The number of aryl methyl sites for hydroxylation is 1. The fourth-order valence-electron chi connectivity index (χ4n) is 1.41. The highest BCUT2D eigenvalue weighted by Crippen LogP contribution is 2.14. The van der Waals surface area contributed by atoms with Crippen LogP contribution in [-0.2, 0) is 12.8 Å². The van der Waals surface area contributed by atoms with Crippen LogP contribution in [0.15, 0.2) is 18.2 Å². The average molecular weight is 172 g/mol. The summed E-state index contributed by atoms with van der Waals surface area (Å²) in [6.45, 7) is 6.13. The molecule has 0 heterocycles. The molecular weight excluding hydrogens is 156 g/mol. The summed E-state index contributed by atoms with van der Waals surface area (Å²) < 4.78 is 0. The monoisotopic (exact) mass is 172 g/mol. The lowest BCUT2D eigenvalue weighted by Crippen LogP contribution is -1.97. The highest BCUT2D eigenvalue weighted by atomic mass is 14.1. The van der Waals surface area contributed by atoms with E-state index in [-0.39, 0.29) is 0 Å². The van der Waals surface area contributed by atoms with E-state index < -0.39 is 0 Å². The van der Waals surface area contributed by atoms with E-state index in [0.29, 0.717) is 0 Å². The first-order valence-corrected chi connectivity index (χ1v) is 4.90. The van der Waals surface area contributed by atoms with Crippen molar-refractivity contribution in [3.63, 3.8) is 0 Å². The quantitative estimate of drug-likeness (QED) is 0.527. The fraction of sp³-hybridized carbons (Fsp3) is 0.385. The van der Waals surface area contributed by atoms with Gasteiger partial charge in [-0.1, -0.05) is 49.5 Å². The standard InChI is InChI=1S/C11H10.C2H6/c1-9-6-7-10-4-2-3-5-11(10)8-9;1-2/h6-8H,4-5H2,1H3;1-2H3. The van der Waals surface area contributed by atoms with Crippen molar-refractivity contribution >= 4 is 0 Å². The fourth-order valence-corrected chi connectivity index (χ4v) is 1.41. The highest BCUT2D eigenvalue weighted by molar-refractivity contribution is 5.39. The largest absolute Gasteiger partial charge is 0.0982 e. The van der Waals surface area contributed by atoms with Gasteiger partial charge in [0.05, 0.1) is 0 Å². The first-order valence-electron chi connectivity index (χ1n) is 4.90. The minimum absolute atomic E-state index is 0.940. The Morgan fingerprint density at radius 3 is 2.31 bits per heavy atom. The summed E-state index contributed by atoms with van der Waals surface area (Å²) in [5, 5.41) is 0. The second-order valence-electron chi connectivity index (χ2n) is 2.98. The van der Waals surface area contributed by atoms with E-state index in [1.54, 1.807) is 0 Å². The highest BCUT2D eigenvalue weighted by Gasteiger charge is 2.02. The van der Waals surface area contributed by atoms with Crippen LogP contribution in [0, 0.1) is 18.8 Å². The molecule has 0 radical (unpaired) electrons. The van der Waals surface area contributed by atoms with Crippen LogP contribution in [0.25, 0.3) is 0 Å². The van der Waals surface area contributed by atoms with Gasteiger partial charge in [-0.15, -0.1) is 0 Å². The second-order valence-corrected chi connectivity index (χ2v) is 2.98. The van der Waals surface area contributed by atoms with E-state index in [1.807, 2.05) is 13.8 Å². The van der Waals surface area contributed by atoms with Gasteiger partial charge in [0.15, 0.2) is 0 Å². The van der Waals surface area contributed by atoms with Crippen molar-refractivity contribution < 1.29 is 0 Å². The molecule has 0 fully saturated rings. The number of benzene rings is 1. The maximum Gasteiger partial charge on any atom is 0.0343 e. The molecule has 2 rings (SSSR count). The molecule has 0 bridgehead atoms. The summed E-state index contributed by atoms with van der Waals surface area (Å²) in [4.78, 5) is 0. The van der Waals surface area contributed by atoms with Gasteiger partial charge in [0.2, 0.25) is 0 Å². The molecule has 0 atom stereocenters. The zero-order valence-corrected chi connectivity index (χ0v) is 8.65. The van der Waals surface area contributed by atoms with Crippen molar-refractivity contribution in [3.05, 3.63) is 34.9 Å². The molecule has 0 N–H and O–H groups in total. The third-order valence-corrected chi connectivity index (χ3v) is 2.04. The van der Waals surface area contributed by atoms with Crippen molar-refractivity contribution in [2.75, 3.05) is 0 Å². The Kier molecular flexibility index (Phi) is 3.58. The zero-order valence-electron chi connectivity index (χ0n) is 8.65. The van der Waals surface area contributed by atoms with E-state index in [1.165, 1.54) is 16.7 Å². The van der Waals surface area contributed by atoms with Crippen LogP contribution in [0.4, 0.5) is 0 Å². The van der Waals surface area contributed by atoms with E-state index in [4.69, 9.17) is 0 Å². The first-order chi connectivity index (χ1) is 6.36. The van der Waals surface area contributed by atoms with Crippen molar-refractivity contribution in [3.8, 4) is 11.8 Å². The van der Waals surface area contributed by atoms with Gasteiger partial charge in [0.1, 0.15) is 0 Å². The van der Waals surface area contributed by atoms with E-state index in [9.17, 15) is 0 Å². The zero-order chi connectivity index (χ0) is 9.68. The minimum atomic E-state index is 0.940. The molecule has 1 aliphatic rings. The van der Waals surface area contributed by atoms with Gasteiger partial charge in [-0.2, -0.15) is 0 Å². The van der Waals surface area contributed by atoms with Crippen LogP contribution in [0.3, 0.4) is 0 Å².